The second-order valence-electron chi connectivity index (χ2n) is 13.1. The summed E-state index contributed by atoms with van der Waals surface area (Å²) in [5, 5.41) is 26.6. The number of amides is 2. The van der Waals surface area contributed by atoms with Gasteiger partial charge in [-0.3, -0.25) is 9.59 Å². The molecule has 2 aromatic rings. The largest absolute Gasteiger partial charge is 0.506 e. The summed E-state index contributed by atoms with van der Waals surface area (Å²) in [5.41, 5.74) is 3.34. The van der Waals surface area contributed by atoms with E-state index in [0.717, 1.165) is 44.1 Å². The van der Waals surface area contributed by atoms with E-state index in [9.17, 15) is 19.8 Å². The van der Waals surface area contributed by atoms with E-state index in [2.05, 4.69) is 39.8 Å². The van der Waals surface area contributed by atoms with Crippen LogP contribution in [0, 0.1) is 11.8 Å². The number of carbonyl (C=O) groups is 2. The standard InChI is InChI=1S/C35H48N4O6/c40-30-10-9-29(35-34(30)37-32(42)23-45-35)31(41)20-36-14-16-39(28-7-8-28)33(43)13-18-44-17-12-25-4-1-3-24(19-25)11-15-38-21-26-5-2-6-27(26)22-38/h1,3-4,9-10,19,26-28,31,36,40-41H,2,5-8,11-18,20-23H2,(H,37,42)/t26-,27?,31-/m0/s1. The predicted molar refractivity (Wildman–Crippen MR) is 171 cm³/mol. The van der Waals surface area contributed by atoms with Gasteiger partial charge in [0, 0.05) is 50.9 Å². The van der Waals surface area contributed by atoms with E-state index in [1.54, 1.807) is 6.07 Å². The van der Waals surface area contributed by atoms with Crippen LogP contribution in [0.25, 0.3) is 0 Å². The van der Waals surface area contributed by atoms with Crippen LogP contribution in [0.15, 0.2) is 36.4 Å². The van der Waals surface area contributed by atoms with E-state index in [-0.39, 0.29) is 48.2 Å². The van der Waals surface area contributed by atoms with Crippen LogP contribution in [0.1, 0.15) is 61.3 Å². The molecule has 0 radical (unpaired) electrons. The van der Waals surface area contributed by atoms with E-state index in [4.69, 9.17) is 9.47 Å². The molecule has 3 fully saturated rings. The molecular weight excluding hydrogens is 572 g/mol. The molecule has 2 saturated carbocycles. The smallest absolute Gasteiger partial charge is 0.262 e. The first kappa shape index (κ1) is 31.8. The average Bonchev–Trinajstić information content (AvgIpc) is 3.65. The second kappa shape index (κ2) is 14.9. The number of nitrogens with zero attached hydrogens (tertiary/aromatic N) is 2. The summed E-state index contributed by atoms with van der Waals surface area (Å²) in [7, 11) is 0. The van der Waals surface area contributed by atoms with Crippen LogP contribution in [0.5, 0.6) is 11.5 Å². The number of ether oxygens (including phenoxy) is 2. The van der Waals surface area contributed by atoms with Crippen molar-refractivity contribution in [2.45, 2.75) is 63.5 Å². The third-order valence-electron chi connectivity index (χ3n) is 9.82. The number of phenolic OH excluding ortho intramolecular Hbond substituents is 1. The molecule has 3 atom stereocenters. The molecule has 2 aliphatic carbocycles. The normalized spacial score (nSPS) is 21.6. The van der Waals surface area contributed by atoms with Crippen molar-refractivity contribution >= 4 is 17.5 Å². The number of anilines is 1. The Hall–Kier alpha value is -3.18. The molecule has 2 aliphatic heterocycles. The van der Waals surface area contributed by atoms with Crippen molar-refractivity contribution in [3.8, 4) is 11.5 Å². The van der Waals surface area contributed by atoms with Crippen molar-refractivity contribution < 1.29 is 29.3 Å². The molecule has 1 unspecified atom stereocenters. The van der Waals surface area contributed by atoms with E-state index in [1.165, 1.54) is 49.5 Å². The molecular formula is C35H48N4O6. The lowest BCUT2D eigenvalue weighted by Gasteiger charge is -2.25. The minimum atomic E-state index is -0.904. The predicted octanol–water partition coefficient (Wildman–Crippen LogP) is 3.26. The fourth-order valence-electron chi connectivity index (χ4n) is 7.22. The third kappa shape index (κ3) is 8.35. The van der Waals surface area contributed by atoms with Crippen molar-refractivity contribution in [1.82, 2.24) is 15.1 Å². The maximum atomic E-state index is 13.0. The van der Waals surface area contributed by atoms with Crippen LogP contribution in [0.2, 0.25) is 0 Å². The van der Waals surface area contributed by atoms with Crippen molar-refractivity contribution in [3.63, 3.8) is 0 Å². The van der Waals surface area contributed by atoms with Crippen molar-refractivity contribution in [2.24, 2.45) is 11.8 Å². The molecule has 0 spiro atoms. The van der Waals surface area contributed by atoms with Gasteiger partial charge in [0.05, 0.1) is 25.7 Å². The summed E-state index contributed by atoms with van der Waals surface area (Å²) < 4.78 is 11.4. The van der Waals surface area contributed by atoms with Crippen LogP contribution in [0.4, 0.5) is 5.69 Å². The number of benzene rings is 2. The number of aromatic hydroxyl groups is 1. The van der Waals surface area contributed by atoms with Gasteiger partial charge in [0.15, 0.2) is 12.4 Å². The number of rotatable bonds is 16. The van der Waals surface area contributed by atoms with Gasteiger partial charge in [-0.05, 0) is 73.6 Å². The summed E-state index contributed by atoms with van der Waals surface area (Å²) in [6.45, 7) is 5.90. The minimum Gasteiger partial charge on any atom is -0.506 e. The first-order chi connectivity index (χ1) is 21.9. The van der Waals surface area contributed by atoms with E-state index >= 15 is 0 Å². The minimum absolute atomic E-state index is 0.102. The van der Waals surface area contributed by atoms with Gasteiger partial charge in [-0.1, -0.05) is 30.7 Å². The Morgan fingerprint density at radius 3 is 2.64 bits per heavy atom. The Morgan fingerprint density at radius 2 is 1.87 bits per heavy atom. The fraction of sp³-hybridized carbons (Fsp3) is 0.600. The highest BCUT2D eigenvalue weighted by atomic mass is 16.5. The molecule has 244 valence electrons. The zero-order chi connectivity index (χ0) is 31.2. The molecule has 2 amide bonds. The Balaban J connectivity index is 0.870. The monoisotopic (exact) mass is 620 g/mol. The number of hydrogen-bond donors (Lipinski definition) is 4. The van der Waals surface area contributed by atoms with Gasteiger partial charge in [0.25, 0.3) is 5.91 Å². The highest BCUT2D eigenvalue weighted by Crippen LogP contribution is 2.41. The molecule has 10 heteroatoms. The summed E-state index contributed by atoms with van der Waals surface area (Å²) in [6.07, 6.45) is 7.72. The maximum absolute atomic E-state index is 13.0. The second-order valence-corrected chi connectivity index (χ2v) is 13.1. The van der Waals surface area contributed by atoms with Gasteiger partial charge in [-0.15, -0.1) is 0 Å². The number of likely N-dealkylation sites (tertiary alicyclic amines) is 1. The SMILES string of the molecule is O=C1COc2c([C@@H](O)CNCCN(C(=O)CCOCCc3cccc(CCN4CC5CCC[C@H]5C4)c3)C3CC3)ccc(O)c2N1. The summed E-state index contributed by atoms with van der Waals surface area (Å²) >= 11 is 0. The first-order valence-corrected chi connectivity index (χ1v) is 16.8. The first-order valence-electron chi connectivity index (χ1n) is 16.8. The molecule has 4 N–H and O–H groups in total. The molecule has 6 rings (SSSR count). The lowest BCUT2D eigenvalue weighted by atomic mass is 10.0. The Bertz CT molecular complexity index is 1320. The molecule has 2 heterocycles. The summed E-state index contributed by atoms with van der Waals surface area (Å²) in [5.74, 6) is 1.81. The van der Waals surface area contributed by atoms with Crippen molar-refractivity contribution in [1.29, 1.82) is 0 Å². The summed E-state index contributed by atoms with van der Waals surface area (Å²) in [6, 6.07) is 12.2. The highest BCUT2D eigenvalue weighted by Gasteiger charge is 2.35. The number of carbonyl (C=O) groups excluding carboxylic acids is 2. The van der Waals surface area contributed by atoms with Crippen LogP contribution >= 0.6 is 0 Å². The molecule has 0 aromatic heterocycles. The highest BCUT2D eigenvalue weighted by molar-refractivity contribution is 5.97. The van der Waals surface area contributed by atoms with Crippen LogP contribution in [-0.4, -0.2) is 97.0 Å². The number of hydrogen-bond acceptors (Lipinski definition) is 8. The van der Waals surface area contributed by atoms with Crippen molar-refractivity contribution in [2.75, 3.05) is 64.4 Å². The van der Waals surface area contributed by atoms with Crippen LogP contribution < -0.4 is 15.4 Å². The molecule has 10 nitrogen and oxygen atoms in total. The lowest BCUT2D eigenvalue weighted by molar-refractivity contribution is -0.132. The topological polar surface area (TPSA) is 124 Å². The molecule has 2 aromatic carbocycles. The number of aliphatic hydroxyl groups is 1. The molecule has 45 heavy (non-hydrogen) atoms. The van der Waals surface area contributed by atoms with E-state index in [1.807, 2.05) is 4.90 Å². The number of phenols is 1. The molecule has 1 saturated heterocycles. The van der Waals surface area contributed by atoms with Gasteiger partial charge in [-0.2, -0.15) is 0 Å². The van der Waals surface area contributed by atoms with E-state index < -0.39 is 6.10 Å². The third-order valence-corrected chi connectivity index (χ3v) is 9.82. The number of nitrogens with one attached hydrogen (secondary N) is 2. The maximum Gasteiger partial charge on any atom is 0.262 e. The van der Waals surface area contributed by atoms with Gasteiger partial charge in [0.2, 0.25) is 5.91 Å². The van der Waals surface area contributed by atoms with Crippen LogP contribution in [-0.2, 0) is 27.2 Å². The zero-order valence-corrected chi connectivity index (χ0v) is 26.2. The fourth-order valence-corrected chi connectivity index (χ4v) is 7.22. The number of aliphatic hydroxyl groups excluding tert-OH is 1. The Labute approximate surface area is 266 Å². The van der Waals surface area contributed by atoms with Gasteiger partial charge in [0.1, 0.15) is 11.4 Å². The zero-order valence-electron chi connectivity index (χ0n) is 26.2. The number of fused-ring (bicyclic) bond motifs is 2. The van der Waals surface area contributed by atoms with Gasteiger partial charge >= 0.3 is 0 Å². The molecule has 4 aliphatic rings. The summed E-state index contributed by atoms with van der Waals surface area (Å²) in [4.78, 5) is 29.2. The van der Waals surface area contributed by atoms with Crippen molar-refractivity contribution in [3.05, 3.63) is 53.1 Å². The average molecular weight is 621 g/mol. The van der Waals surface area contributed by atoms with Gasteiger partial charge < -0.3 is 40.1 Å². The van der Waals surface area contributed by atoms with Crippen LogP contribution in [0.3, 0.4) is 0 Å². The van der Waals surface area contributed by atoms with E-state index in [0.29, 0.717) is 38.3 Å². The Kier molecular flexibility index (Phi) is 10.6. The lowest BCUT2D eigenvalue weighted by Crippen LogP contribution is -2.39. The quantitative estimate of drug-likeness (QED) is 0.167. The van der Waals surface area contributed by atoms with Gasteiger partial charge in [-0.25, -0.2) is 0 Å². The Morgan fingerprint density at radius 1 is 1.09 bits per heavy atom. The molecule has 0 bridgehead atoms.